The minimum Gasteiger partial charge on any atom is -0.469 e. The van der Waals surface area contributed by atoms with E-state index in [0.717, 1.165) is 6.08 Å². The van der Waals surface area contributed by atoms with E-state index in [9.17, 15) is 14.4 Å². The molecule has 0 aliphatic carbocycles. The molecule has 0 saturated carbocycles. The third-order valence-corrected chi connectivity index (χ3v) is 2.26. The lowest BCUT2D eigenvalue weighted by molar-refractivity contribution is -0.140. The number of carbonyl (C=O) groups excluding carboxylic acids is 3. The average molecular weight is 256 g/mol. The Hall–Kier alpha value is -1.85. The van der Waals surface area contributed by atoms with E-state index in [-0.39, 0.29) is 18.3 Å². The molecule has 2 amide bonds. The van der Waals surface area contributed by atoms with Crippen LogP contribution in [0.1, 0.15) is 26.7 Å². The first-order valence-corrected chi connectivity index (χ1v) is 5.63. The third-order valence-electron chi connectivity index (χ3n) is 2.26. The molecule has 0 rings (SSSR count). The number of hydrogen-bond donors (Lipinski definition) is 2. The molecule has 6 nitrogen and oxygen atoms in total. The molecule has 0 aromatic heterocycles. The fourth-order valence-electron chi connectivity index (χ4n) is 1.17. The molecule has 18 heavy (non-hydrogen) atoms. The molecule has 0 fully saturated rings. The Balaban J connectivity index is 4.04. The summed E-state index contributed by atoms with van der Waals surface area (Å²) in [7, 11) is 1.31. The SMILES string of the molecule is C=CC(=O)NC(C)(C)C(=O)NCCCC(=O)OC. The zero-order chi connectivity index (χ0) is 14.2. The van der Waals surface area contributed by atoms with Crippen LogP contribution in [0.25, 0.3) is 0 Å². The summed E-state index contributed by atoms with van der Waals surface area (Å²) in [6, 6.07) is 0. The van der Waals surface area contributed by atoms with E-state index in [2.05, 4.69) is 21.9 Å². The molecule has 6 heteroatoms. The van der Waals surface area contributed by atoms with Gasteiger partial charge in [-0.05, 0) is 26.3 Å². The summed E-state index contributed by atoms with van der Waals surface area (Å²) in [5.41, 5.74) is -1.02. The molecule has 0 heterocycles. The Kier molecular flexibility index (Phi) is 6.70. The smallest absolute Gasteiger partial charge is 0.305 e. The minimum atomic E-state index is -1.02. The predicted molar refractivity (Wildman–Crippen MR) is 66.7 cm³/mol. The molecular formula is C12H20N2O4. The highest BCUT2D eigenvalue weighted by molar-refractivity contribution is 5.94. The van der Waals surface area contributed by atoms with Crippen molar-refractivity contribution in [2.45, 2.75) is 32.2 Å². The molecule has 0 bridgehead atoms. The van der Waals surface area contributed by atoms with Crippen molar-refractivity contribution >= 4 is 17.8 Å². The number of ether oxygens (including phenoxy) is 1. The standard InChI is InChI=1S/C12H20N2O4/c1-5-9(15)14-12(2,3)11(17)13-8-6-7-10(16)18-4/h5H,1,6-8H2,2-4H3,(H,13,17)(H,14,15). The molecule has 0 unspecified atom stereocenters. The fourth-order valence-corrected chi connectivity index (χ4v) is 1.17. The maximum absolute atomic E-state index is 11.8. The van der Waals surface area contributed by atoms with Crippen LogP contribution in [0.3, 0.4) is 0 Å². The second-order valence-electron chi connectivity index (χ2n) is 4.25. The third kappa shape index (κ3) is 6.03. The molecule has 2 N–H and O–H groups in total. The minimum absolute atomic E-state index is 0.246. The molecule has 0 spiro atoms. The van der Waals surface area contributed by atoms with E-state index in [1.165, 1.54) is 7.11 Å². The average Bonchev–Trinajstić information content (AvgIpc) is 2.33. The van der Waals surface area contributed by atoms with Gasteiger partial charge in [0.05, 0.1) is 7.11 Å². The van der Waals surface area contributed by atoms with Crippen molar-refractivity contribution in [1.82, 2.24) is 10.6 Å². The van der Waals surface area contributed by atoms with E-state index in [0.29, 0.717) is 13.0 Å². The first-order chi connectivity index (χ1) is 8.33. The van der Waals surface area contributed by atoms with Gasteiger partial charge in [0.25, 0.3) is 0 Å². The van der Waals surface area contributed by atoms with Gasteiger partial charge in [-0.15, -0.1) is 0 Å². The lowest BCUT2D eigenvalue weighted by Crippen LogP contribution is -2.54. The van der Waals surface area contributed by atoms with Crippen LogP contribution in [0.2, 0.25) is 0 Å². The topological polar surface area (TPSA) is 84.5 Å². The normalized spacial score (nSPS) is 10.4. The van der Waals surface area contributed by atoms with Gasteiger partial charge in [0.2, 0.25) is 11.8 Å². The van der Waals surface area contributed by atoms with Gasteiger partial charge in [0.1, 0.15) is 5.54 Å². The lowest BCUT2D eigenvalue weighted by Gasteiger charge is -2.24. The van der Waals surface area contributed by atoms with Crippen molar-refractivity contribution in [2.75, 3.05) is 13.7 Å². The van der Waals surface area contributed by atoms with Gasteiger partial charge in [-0.25, -0.2) is 0 Å². The number of rotatable bonds is 7. The van der Waals surface area contributed by atoms with Crippen molar-refractivity contribution in [3.8, 4) is 0 Å². The number of esters is 1. The van der Waals surface area contributed by atoms with Crippen LogP contribution in [0.4, 0.5) is 0 Å². The number of hydrogen-bond acceptors (Lipinski definition) is 4. The summed E-state index contributed by atoms with van der Waals surface area (Å²) in [5, 5.41) is 5.14. The first-order valence-electron chi connectivity index (χ1n) is 5.63. The maximum Gasteiger partial charge on any atom is 0.305 e. The largest absolute Gasteiger partial charge is 0.469 e. The zero-order valence-corrected chi connectivity index (χ0v) is 11.0. The number of nitrogens with one attached hydrogen (secondary N) is 2. The molecule has 0 atom stereocenters. The molecule has 0 aromatic carbocycles. The van der Waals surface area contributed by atoms with E-state index in [4.69, 9.17) is 0 Å². The Morgan fingerprint density at radius 1 is 1.33 bits per heavy atom. The van der Waals surface area contributed by atoms with Crippen LogP contribution in [0.15, 0.2) is 12.7 Å². The summed E-state index contributed by atoms with van der Waals surface area (Å²) in [6.07, 6.45) is 1.84. The number of methoxy groups -OCH3 is 1. The van der Waals surface area contributed by atoms with Crippen LogP contribution in [0.5, 0.6) is 0 Å². The van der Waals surface area contributed by atoms with Crippen LogP contribution in [-0.2, 0) is 19.1 Å². The Labute approximate surface area is 107 Å². The summed E-state index contributed by atoms with van der Waals surface area (Å²) in [6.45, 7) is 6.84. The molecule has 0 aliphatic rings. The summed E-state index contributed by atoms with van der Waals surface area (Å²) >= 11 is 0. The van der Waals surface area contributed by atoms with Gasteiger partial charge in [-0.2, -0.15) is 0 Å². The summed E-state index contributed by atoms with van der Waals surface area (Å²) in [4.78, 5) is 33.7. The van der Waals surface area contributed by atoms with E-state index in [1.807, 2.05) is 0 Å². The van der Waals surface area contributed by atoms with Crippen LogP contribution in [0, 0.1) is 0 Å². The predicted octanol–water partition coefficient (Wildman–Crippen LogP) is 0.137. The van der Waals surface area contributed by atoms with Gasteiger partial charge in [0.15, 0.2) is 0 Å². The molecule has 0 aliphatic heterocycles. The highest BCUT2D eigenvalue weighted by Gasteiger charge is 2.28. The van der Waals surface area contributed by atoms with E-state index >= 15 is 0 Å². The van der Waals surface area contributed by atoms with E-state index < -0.39 is 11.4 Å². The van der Waals surface area contributed by atoms with Crippen molar-refractivity contribution in [2.24, 2.45) is 0 Å². The Morgan fingerprint density at radius 2 is 1.94 bits per heavy atom. The second kappa shape index (κ2) is 7.47. The van der Waals surface area contributed by atoms with Crippen molar-refractivity contribution in [3.05, 3.63) is 12.7 Å². The van der Waals surface area contributed by atoms with Crippen LogP contribution >= 0.6 is 0 Å². The lowest BCUT2D eigenvalue weighted by atomic mass is 10.0. The van der Waals surface area contributed by atoms with Gasteiger partial charge >= 0.3 is 5.97 Å². The van der Waals surface area contributed by atoms with Crippen molar-refractivity contribution < 1.29 is 19.1 Å². The Bertz CT molecular complexity index is 337. The molecule has 0 saturated heterocycles. The number of carbonyl (C=O) groups is 3. The highest BCUT2D eigenvalue weighted by Crippen LogP contribution is 2.02. The fraction of sp³-hybridized carbons (Fsp3) is 0.583. The van der Waals surface area contributed by atoms with E-state index in [1.54, 1.807) is 13.8 Å². The van der Waals surface area contributed by atoms with Gasteiger partial charge in [0, 0.05) is 13.0 Å². The number of amides is 2. The van der Waals surface area contributed by atoms with Gasteiger partial charge < -0.3 is 15.4 Å². The van der Waals surface area contributed by atoms with Crippen LogP contribution < -0.4 is 10.6 Å². The van der Waals surface area contributed by atoms with Crippen molar-refractivity contribution in [3.63, 3.8) is 0 Å². The van der Waals surface area contributed by atoms with Gasteiger partial charge in [-0.1, -0.05) is 6.58 Å². The molecule has 0 aromatic rings. The highest BCUT2D eigenvalue weighted by atomic mass is 16.5. The second-order valence-corrected chi connectivity index (χ2v) is 4.25. The first kappa shape index (κ1) is 16.1. The quantitative estimate of drug-likeness (QED) is 0.385. The maximum atomic E-state index is 11.8. The monoisotopic (exact) mass is 256 g/mol. The molecule has 102 valence electrons. The summed E-state index contributed by atoms with van der Waals surface area (Å²) < 4.78 is 4.47. The Morgan fingerprint density at radius 3 is 2.44 bits per heavy atom. The zero-order valence-electron chi connectivity index (χ0n) is 11.0. The van der Waals surface area contributed by atoms with Gasteiger partial charge in [-0.3, -0.25) is 14.4 Å². The van der Waals surface area contributed by atoms with Crippen LogP contribution in [-0.4, -0.2) is 37.0 Å². The van der Waals surface area contributed by atoms with Crippen molar-refractivity contribution in [1.29, 1.82) is 0 Å². The molecular weight excluding hydrogens is 236 g/mol. The summed E-state index contributed by atoms with van der Waals surface area (Å²) in [5.74, 6) is -1.05. The molecule has 0 radical (unpaired) electrons.